The van der Waals surface area contributed by atoms with Gasteiger partial charge in [0, 0.05) is 6.10 Å². The summed E-state index contributed by atoms with van der Waals surface area (Å²) in [5.41, 5.74) is 1.25. The topological polar surface area (TPSA) is 9.23 Å². The second kappa shape index (κ2) is 6.73. The zero-order valence-corrected chi connectivity index (χ0v) is 15.1. The second-order valence-corrected chi connectivity index (χ2v) is 12.0. The van der Waals surface area contributed by atoms with Crippen LogP contribution in [0.25, 0.3) is 6.08 Å². The monoisotopic (exact) mass is 290 g/mol. The van der Waals surface area contributed by atoms with Gasteiger partial charge in [0.15, 0.2) is 8.32 Å². The summed E-state index contributed by atoms with van der Waals surface area (Å²) in [6.07, 6.45) is 4.71. The zero-order valence-electron chi connectivity index (χ0n) is 14.1. The highest BCUT2D eigenvalue weighted by atomic mass is 28.4. The van der Waals surface area contributed by atoms with E-state index in [1.807, 2.05) is 6.07 Å². The van der Waals surface area contributed by atoms with Crippen LogP contribution in [-0.2, 0) is 4.43 Å². The van der Waals surface area contributed by atoms with E-state index in [1.54, 1.807) is 0 Å². The number of benzene rings is 1. The minimum atomic E-state index is -1.67. The molecule has 0 bridgehead atoms. The Morgan fingerprint density at radius 2 is 1.60 bits per heavy atom. The van der Waals surface area contributed by atoms with Crippen molar-refractivity contribution in [3.05, 3.63) is 42.0 Å². The minimum absolute atomic E-state index is 0.260. The molecule has 0 fully saturated rings. The van der Waals surface area contributed by atoms with Crippen LogP contribution in [0.1, 0.15) is 40.2 Å². The van der Waals surface area contributed by atoms with Gasteiger partial charge < -0.3 is 4.43 Å². The van der Waals surface area contributed by atoms with Crippen LogP contribution in [0.5, 0.6) is 0 Å². The summed E-state index contributed by atoms with van der Waals surface area (Å²) < 4.78 is 6.44. The molecular formula is C18H30OSi. The molecule has 0 spiro atoms. The molecule has 0 aliphatic rings. The molecule has 0 heterocycles. The van der Waals surface area contributed by atoms with Crippen LogP contribution >= 0.6 is 0 Å². The van der Waals surface area contributed by atoms with Crippen molar-refractivity contribution < 1.29 is 4.43 Å². The Hall–Kier alpha value is -0.863. The van der Waals surface area contributed by atoms with E-state index in [4.69, 9.17) is 4.43 Å². The fourth-order valence-corrected chi connectivity index (χ4v) is 3.23. The van der Waals surface area contributed by atoms with Gasteiger partial charge in [-0.1, -0.05) is 70.2 Å². The second-order valence-electron chi connectivity index (χ2n) is 7.21. The summed E-state index contributed by atoms with van der Waals surface area (Å²) >= 11 is 0. The average Bonchev–Trinajstić information content (AvgIpc) is 2.35. The Labute approximate surface area is 126 Å². The molecule has 0 aromatic heterocycles. The van der Waals surface area contributed by atoms with Crippen LogP contribution in [0.3, 0.4) is 0 Å². The predicted octanol–water partition coefficient (Wildman–Crippen LogP) is 5.75. The van der Waals surface area contributed by atoms with E-state index in [0.717, 1.165) is 0 Å². The molecule has 0 saturated heterocycles. The Morgan fingerprint density at radius 3 is 2.10 bits per heavy atom. The predicted molar refractivity (Wildman–Crippen MR) is 92.4 cm³/mol. The van der Waals surface area contributed by atoms with E-state index in [9.17, 15) is 0 Å². The summed E-state index contributed by atoms with van der Waals surface area (Å²) in [7, 11) is -1.67. The summed E-state index contributed by atoms with van der Waals surface area (Å²) in [5.74, 6) is 0.421. The molecule has 0 unspecified atom stereocenters. The average molecular weight is 291 g/mol. The highest BCUT2D eigenvalue weighted by Gasteiger charge is 2.38. The summed E-state index contributed by atoms with van der Waals surface area (Å²) in [6, 6.07) is 10.4. The van der Waals surface area contributed by atoms with Crippen LogP contribution < -0.4 is 0 Å². The first-order valence-electron chi connectivity index (χ1n) is 7.54. The molecule has 0 saturated carbocycles. The molecule has 112 valence electrons. The Bertz CT molecular complexity index is 428. The van der Waals surface area contributed by atoms with Crippen molar-refractivity contribution >= 4 is 14.4 Å². The number of rotatable bonds is 5. The molecule has 0 N–H and O–H groups in total. The molecule has 20 heavy (non-hydrogen) atoms. The zero-order chi connectivity index (χ0) is 15.4. The van der Waals surface area contributed by atoms with Crippen molar-refractivity contribution in [2.24, 2.45) is 5.92 Å². The smallest absolute Gasteiger partial charge is 0.192 e. The van der Waals surface area contributed by atoms with E-state index in [-0.39, 0.29) is 11.1 Å². The normalized spacial score (nSPS) is 16.4. The van der Waals surface area contributed by atoms with Crippen LogP contribution in [0.4, 0.5) is 0 Å². The lowest BCUT2D eigenvalue weighted by atomic mass is 10.0. The van der Waals surface area contributed by atoms with Crippen molar-refractivity contribution in [1.29, 1.82) is 0 Å². The van der Waals surface area contributed by atoms with Crippen molar-refractivity contribution in [1.82, 2.24) is 0 Å². The van der Waals surface area contributed by atoms with Gasteiger partial charge in [-0.2, -0.15) is 0 Å². The fraction of sp³-hybridized carbons (Fsp3) is 0.556. The van der Waals surface area contributed by atoms with E-state index in [2.05, 4.69) is 84.1 Å². The fourth-order valence-electron chi connectivity index (χ4n) is 1.73. The van der Waals surface area contributed by atoms with Gasteiger partial charge in [-0.15, -0.1) is 0 Å². The van der Waals surface area contributed by atoms with Crippen LogP contribution in [-0.4, -0.2) is 14.4 Å². The molecule has 0 radical (unpaired) electrons. The molecule has 1 aromatic rings. The summed E-state index contributed by atoms with van der Waals surface area (Å²) in [5, 5.41) is 0.268. The summed E-state index contributed by atoms with van der Waals surface area (Å²) in [6.45, 7) is 15.9. The first-order valence-corrected chi connectivity index (χ1v) is 10.5. The van der Waals surface area contributed by atoms with Gasteiger partial charge in [0.25, 0.3) is 0 Å². The Morgan fingerprint density at radius 1 is 1.05 bits per heavy atom. The third-order valence-electron chi connectivity index (χ3n) is 4.42. The van der Waals surface area contributed by atoms with E-state index in [1.165, 1.54) is 5.56 Å². The number of hydrogen-bond acceptors (Lipinski definition) is 1. The van der Waals surface area contributed by atoms with E-state index >= 15 is 0 Å². The molecule has 0 amide bonds. The molecule has 1 nitrogen and oxygen atoms in total. The van der Waals surface area contributed by atoms with Gasteiger partial charge in [-0.25, -0.2) is 0 Å². The maximum Gasteiger partial charge on any atom is 0.192 e. The molecule has 2 heteroatoms. The maximum atomic E-state index is 6.44. The highest BCUT2D eigenvalue weighted by molar-refractivity contribution is 6.74. The molecule has 0 aliphatic carbocycles. The Balaban J connectivity index is 2.64. The van der Waals surface area contributed by atoms with Crippen LogP contribution in [0, 0.1) is 5.92 Å². The standard InChI is InChI=1S/C18H30OSi/c1-15(13-14-17-11-9-8-10-12-17)16(2)19-20(6,7)18(3,4)5/h8-16H,1-7H3/b14-13+/t15-,16-/m1/s1. The van der Waals surface area contributed by atoms with Crippen molar-refractivity contribution in [3.63, 3.8) is 0 Å². The lowest BCUT2D eigenvalue weighted by molar-refractivity contribution is 0.164. The van der Waals surface area contributed by atoms with Crippen molar-refractivity contribution in [2.45, 2.75) is 58.9 Å². The SMILES string of the molecule is C[C@H](/C=C/c1ccccc1)[C@@H](C)O[Si](C)(C)C(C)(C)C. The van der Waals surface area contributed by atoms with Gasteiger partial charge in [-0.3, -0.25) is 0 Å². The quantitative estimate of drug-likeness (QED) is 0.628. The van der Waals surface area contributed by atoms with E-state index in [0.29, 0.717) is 5.92 Å². The van der Waals surface area contributed by atoms with E-state index < -0.39 is 8.32 Å². The third kappa shape index (κ3) is 4.91. The molecule has 1 aromatic carbocycles. The van der Waals surface area contributed by atoms with Crippen LogP contribution in [0.2, 0.25) is 18.1 Å². The first kappa shape index (κ1) is 17.2. The van der Waals surface area contributed by atoms with Gasteiger partial charge in [0.05, 0.1) is 0 Å². The molecule has 2 atom stereocenters. The molecular weight excluding hydrogens is 260 g/mol. The summed E-state index contributed by atoms with van der Waals surface area (Å²) in [4.78, 5) is 0. The van der Waals surface area contributed by atoms with Gasteiger partial charge in [0.2, 0.25) is 0 Å². The van der Waals surface area contributed by atoms with Crippen LogP contribution in [0.15, 0.2) is 36.4 Å². The van der Waals surface area contributed by atoms with Crippen molar-refractivity contribution in [3.8, 4) is 0 Å². The lowest BCUT2D eigenvalue weighted by Gasteiger charge is -2.39. The number of hydrogen-bond donors (Lipinski definition) is 0. The maximum absolute atomic E-state index is 6.44. The van der Waals surface area contributed by atoms with Gasteiger partial charge in [0.1, 0.15) is 0 Å². The van der Waals surface area contributed by atoms with Gasteiger partial charge >= 0.3 is 0 Å². The lowest BCUT2D eigenvalue weighted by Crippen LogP contribution is -2.44. The molecule has 0 aliphatic heterocycles. The highest BCUT2D eigenvalue weighted by Crippen LogP contribution is 2.38. The van der Waals surface area contributed by atoms with Crippen molar-refractivity contribution in [2.75, 3.05) is 0 Å². The third-order valence-corrected chi connectivity index (χ3v) is 8.99. The Kier molecular flexibility index (Phi) is 5.78. The molecule has 1 rings (SSSR count). The van der Waals surface area contributed by atoms with Gasteiger partial charge in [-0.05, 0) is 36.5 Å². The first-order chi connectivity index (χ1) is 9.13. The largest absolute Gasteiger partial charge is 0.414 e. The minimum Gasteiger partial charge on any atom is -0.414 e.